The first-order valence-electron chi connectivity index (χ1n) is 9.97. The smallest absolute Gasteiger partial charge is 0.150 e. The van der Waals surface area contributed by atoms with E-state index in [1.165, 1.54) is 0 Å². The Morgan fingerprint density at radius 1 is 1.06 bits per heavy atom. The molecule has 0 spiro atoms. The van der Waals surface area contributed by atoms with E-state index in [1.54, 1.807) is 26.0 Å². The molecule has 0 radical (unpaired) electrons. The van der Waals surface area contributed by atoms with E-state index in [0.717, 1.165) is 62.2 Å². The van der Waals surface area contributed by atoms with Gasteiger partial charge in [0, 0.05) is 52.0 Å². The minimum Gasteiger partial charge on any atom is -0.497 e. The van der Waals surface area contributed by atoms with Crippen LogP contribution in [0.2, 0.25) is 0 Å². The summed E-state index contributed by atoms with van der Waals surface area (Å²) in [5, 5.41) is 3.19. The number of thioether (sulfide) groups is 1. The number of carbonyl (C=O) groups excluding carboxylic acids is 1. The van der Waals surface area contributed by atoms with Crippen LogP contribution in [0, 0.1) is 13.8 Å². The van der Waals surface area contributed by atoms with Crippen molar-refractivity contribution in [3.63, 3.8) is 0 Å². The summed E-state index contributed by atoms with van der Waals surface area (Å²) in [7, 11) is 5.16. The van der Waals surface area contributed by atoms with Crippen LogP contribution in [-0.4, -0.2) is 32.5 Å². The lowest BCUT2D eigenvalue weighted by molar-refractivity contribution is -0.103. The van der Waals surface area contributed by atoms with Gasteiger partial charge in [-0.2, -0.15) is 0 Å². The van der Waals surface area contributed by atoms with Crippen molar-refractivity contribution in [1.82, 2.24) is 4.98 Å². The maximum Gasteiger partial charge on any atom is 0.150 e. The molecule has 31 heavy (non-hydrogen) atoms. The highest BCUT2D eigenvalue weighted by Gasteiger charge is 2.11. The summed E-state index contributed by atoms with van der Waals surface area (Å²) in [6.07, 6.45) is 2.82. The molecule has 2 N–H and O–H groups in total. The molecule has 2 aromatic carbocycles. The summed E-state index contributed by atoms with van der Waals surface area (Å²) in [4.78, 5) is 16.4. The molecule has 0 aliphatic rings. The normalized spacial score (nSPS) is 11.3. The Balaban J connectivity index is 1.90. The highest BCUT2D eigenvalue weighted by Crippen LogP contribution is 2.33. The lowest BCUT2D eigenvalue weighted by Crippen LogP contribution is -1.97. The van der Waals surface area contributed by atoms with Crippen LogP contribution in [0.25, 0.3) is 11.6 Å². The maximum absolute atomic E-state index is 12.0. The number of benzene rings is 2. The molecule has 6 heteroatoms. The predicted molar refractivity (Wildman–Crippen MR) is 129 cm³/mol. The fourth-order valence-corrected chi connectivity index (χ4v) is 4.28. The number of hydrogen-bond donors (Lipinski definition) is 2. The Labute approximate surface area is 187 Å². The Morgan fingerprint density at radius 2 is 1.77 bits per heavy atom. The standard InChI is InChI=1S/C25H28N2O3S/c1-16-8-17(2)27-25(16)11-19(14-28)23-13-22(6-7-24(23)26-3)31-15-18-9-20(29-4)12-21(10-18)30-5/h6-14,26-27H,15H2,1-5H3/b19-11+. The molecule has 0 amide bonds. The average Bonchev–Trinajstić information content (AvgIpc) is 3.11. The molecule has 3 aromatic rings. The summed E-state index contributed by atoms with van der Waals surface area (Å²) in [5.74, 6) is 2.29. The molecule has 0 aliphatic carbocycles. The number of aldehydes is 1. The van der Waals surface area contributed by atoms with Gasteiger partial charge in [0.15, 0.2) is 6.29 Å². The number of aromatic nitrogens is 1. The number of anilines is 1. The first kappa shape index (κ1) is 22.6. The number of aromatic amines is 1. The fourth-order valence-electron chi connectivity index (χ4n) is 3.42. The van der Waals surface area contributed by atoms with Crippen LogP contribution in [0.5, 0.6) is 11.5 Å². The van der Waals surface area contributed by atoms with Crippen molar-refractivity contribution < 1.29 is 14.3 Å². The molecule has 0 atom stereocenters. The molecule has 5 nitrogen and oxygen atoms in total. The van der Waals surface area contributed by atoms with E-state index in [4.69, 9.17) is 9.47 Å². The largest absolute Gasteiger partial charge is 0.497 e. The van der Waals surface area contributed by atoms with Crippen molar-refractivity contribution in [1.29, 1.82) is 0 Å². The number of hydrogen-bond acceptors (Lipinski definition) is 5. The zero-order valence-electron chi connectivity index (χ0n) is 18.5. The number of allylic oxidation sites excluding steroid dienone is 1. The Morgan fingerprint density at radius 3 is 2.32 bits per heavy atom. The van der Waals surface area contributed by atoms with Crippen molar-refractivity contribution in [2.75, 3.05) is 26.6 Å². The number of aryl methyl sites for hydroxylation is 2. The van der Waals surface area contributed by atoms with Crippen molar-refractivity contribution in [3.8, 4) is 11.5 Å². The van der Waals surface area contributed by atoms with Gasteiger partial charge in [-0.3, -0.25) is 4.79 Å². The zero-order chi connectivity index (χ0) is 22.4. The Kier molecular flexibility index (Phi) is 7.47. The lowest BCUT2D eigenvalue weighted by Gasteiger charge is -2.12. The van der Waals surface area contributed by atoms with Crippen LogP contribution in [0.15, 0.2) is 47.4 Å². The van der Waals surface area contributed by atoms with E-state index in [9.17, 15) is 4.79 Å². The third-order valence-corrected chi connectivity index (χ3v) is 6.07. The monoisotopic (exact) mass is 436 g/mol. The van der Waals surface area contributed by atoms with Gasteiger partial charge in [-0.05, 0) is 67.4 Å². The van der Waals surface area contributed by atoms with Gasteiger partial charge in [-0.25, -0.2) is 0 Å². The van der Waals surface area contributed by atoms with E-state index in [1.807, 2.05) is 51.2 Å². The number of carbonyl (C=O) groups is 1. The quantitative estimate of drug-likeness (QED) is 0.255. The number of methoxy groups -OCH3 is 2. The second-order valence-corrected chi connectivity index (χ2v) is 8.28. The lowest BCUT2D eigenvalue weighted by atomic mass is 10.0. The first-order chi connectivity index (χ1) is 15.0. The zero-order valence-corrected chi connectivity index (χ0v) is 19.4. The van der Waals surface area contributed by atoms with E-state index >= 15 is 0 Å². The molecule has 162 valence electrons. The Hall–Kier alpha value is -3.12. The summed E-state index contributed by atoms with van der Waals surface area (Å²) in [5.41, 5.74) is 6.64. The molecule has 0 saturated carbocycles. The predicted octanol–water partition coefficient (Wildman–Crippen LogP) is 5.72. The van der Waals surface area contributed by atoms with Gasteiger partial charge in [0.05, 0.1) is 14.2 Å². The molecule has 0 fully saturated rings. The van der Waals surface area contributed by atoms with Gasteiger partial charge < -0.3 is 19.8 Å². The molecule has 0 saturated heterocycles. The molecule has 1 heterocycles. The fraction of sp³-hybridized carbons (Fsp3) is 0.240. The van der Waals surface area contributed by atoms with E-state index in [-0.39, 0.29) is 0 Å². The highest BCUT2D eigenvalue weighted by atomic mass is 32.2. The van der Waals surface area contributed by atoms with Crippen LogP contribution in [0.4, 0.5) is 5.69 Å². The van der Waals surface area contributed by atoms with Crippen LogP contribution in [0.3, 0.4) is 0 Å². The maximum atomic E-state index is 12.0. The van der Waals surface area contributed by atoms with Gasteiger partial charge in [0.2, 0.25) is 0 Å². The third-order valence-electron chi connectivity index (χ3n) is 5.00. The molecule has 3 rings (SSSR count). The highest BCUT2D eigenvalue weighted by molar-refractivity contribution is 7.98. The number of nitrogens with one attached hydrogen (secondary N) is 2. The van der Waals surface area contributed by atoms with Gasteiger partial charge in [0.25, 0.3) is 0 Å². The van der Waals surface area contributed by atoms with E-state index < -0.39 is 0 Å². The molecule has 0 unspecified atom stereocenters. The van der Waals surface area contributed by atoms with E-state index in [0.29, 0.717) is 5.57 Å². The Bertz CT molecular complexity index is 1080. The third kappa shape index (κ3) is 5.52. The second kappa shape index (κ2) is 10.3. The summed E-state index contributed by atoms with van der Waals surface area (Å²) in [6, 6.07) is 14.1. The average molecular weight is 437 g/mol. The summed E-state index contributed by atoms with van der Waals surface area (Å²) in [6.45, 7) is 4.04. The van der Waals surface area contributed by atoms with E-state index in [2.05, 4.69) is 28.5 Å². The van der Waals surface area contributed by atoms with Crippen molar-refractivity contribution in [2.45, 2.75) is 24.5 Å². The summed E-state index contributed by atoms with van der Waals surface area (Å²) < 4.78 is 10.7. The van der Waals surface area contributed by atoms with Gasteiger partial charge in [-0.1, -0.05) is 0 Å². The van der Waals surface area contributed by atoms with Gasteiger partial charge in [-0.15, -0.1) is 11.8 Å². The number of ether oxygens (including phenoxy) is 2. The SMILES string of the molecule is CNc1ccc(SCc2cc(OC)cc(OC)c2)cc1/C(C=O)=C/c1[nH]c(C)cc1C. The molecule has 1 aromatic heterocycles. The van der Waals surface area contributed by atoms with Gasteiger partial charge in [0.1, 0.15) is 11.5 Å². The number of rotatable bonds is 9. The van der Waals surface area contributed by atoms with Crippen LogP contribution < -0.4 is 14.8 Å². The van der Waals surface area contributed by atoms with Crippen molar-refractivity contribution in [3.05, 3.63) is 70.5 Å². The minimum atomic E-state index is 0.625. The van der Waals surface area contributed by atoms with Crippen LogP contribution in [-0.2, 0) is 10.5 Å². The summed E-state index contributed by atoms with van der Waals surface area (Å²) >= 11 is 1.70. The van der Waals surface area contributed by atoms with Crippen LogP contribution >= 0.6 is 11.8 Å². The topological polar surface area (TPSA) is 63.4 Å². The first-order valence-corrected chi connectivity index (χ1v) is 11.0. The molecule has 0 bridgehead atoms. The second-order valence-electron chi connectivity index (χ2n) is 7.23. The minimum absolute atomic E-state index is 0.625. The number of H-pyrrole nitrogens is 1. The van der Waals surface area contributed by atoms with Crippen molar-refractivity contribution >= 4 is 35.4 Å². The van der Waals surface area contributed by atoms with Crippen molar-refractivity contribution in [2.24, 2.45) is 0 Å². The molecular weight excluding hydrogens is 408 g/mol. The molecule has 0 aliphatic heterocycles. The van der Waals surface area contributed by atoms with Gasteiger partial charge >= 0.3 is 0 Å². The van der Waals surface area contributed by atoms with Crippen LogP contribution in [0.1, 0.15) is 28.1 Å². The molecular formula is C25H28N2O3S.